The number of hydrogen-bond donors (Lipinski definition) is 1. The van der Waals surface area contributed by atoms with Gasteiger partial charge < -0.3 is 9.88 Å². The van der Waals surface area contributed by atoms with Gasteiger partial charge in [0.15, 0.2) is 0 Å². The third-order valence-electron chi connectivity index (χ3n) is 3.27. The van der Waals surface area contributed by atoms with Gasteiger partial charge in [0, 0.05) is 41.6 Å². The number of H-pyrrole nitrogens is 1. The van der Waals surface area contributed by atoms with Crippen molar-refractivity contribution in [1.29, 1.82) is 0 Å². The lowest BCUT2D eigenvalue weighted by Crippen LogP contribution is -2.09. The molecule has 0 amide bonds. The Balaban J connectivity index is 2.41. The summed E-state index contributed by atoms with van der Waals surface area (Å²) in [6.45, 7) is 4.09. The second kappa shape index (κ2) is 7.25. The molecule has 0 saturated heterocycles. The molecule has 0 spiro atoms. The molecule has 1 aromatic heterocycles. The Kier molecular flexibility index (Phi) is 5.62. The number of hydrogen-bond acceptors (Lipinski definition) is 3. The molecule has 2 rings (SSSR count). The molecule has 0 aliphatic heterocycles. The Morgan fingerprint density at radius 1 is 1.48 bits per heavy atom. The summed E-state index contributed by atoms with van der Waals surface area (Å²) in [6, 6.07) is 3.86. The predicted octanol–water partition coefficient (Wildman–Crippen LogP) is 5.85. The zero-order valence-corrected chi connectivity index (χ0v) is 14.5. The molecule has 112 valence electrons. The zero-order chi connectivity index (χ0) is 15.4. The van der Waals surface area contributed by atoms with Crippen molar-refractivity contribution in [3.05, 3.63) is 35.8 Å². The monoisotopic (exact) mass is 341 g/mol. The highest BCUT2D eigenvalue weighted by molar-refractivity contribution is 8.21. The average Bonchev–Trinajstić information content (AvgIpc) is 2.89. The highest BCUT2D eigenvalue weighted by Crippen LogP contribution is 2.38. The van der Waals surface area contributed by atoms with Gasteiger partial charge in [-0.05, 0) is 41.1 Å². The maximum Gasteiger partial charge on any atom is 0.0838 e. The second-order valence-corrected chi connectivity index (χ2v) is 6.14. The molecule has 0 unspecified atom stereocenters. The van der Waals surface area contributed by atoms with Crippen LogP contribution < -0.4 is 4.90 Å². The van der Waals surface area contributed by atoms with E-state index in [1.807, 2.05) is 43.4 Å². The van der Waals surface area contributed by atoms with E-state index in [0.29, 0.717) is 5.02 Å². The van der Waals surface area contributed by atoms with E-state index < -0.39 is 0 Å². The lowest BCUT2D eigenvalue weighted by molar-refractivity contribution is 1.19. The third kappa shape index (κ3) is 3.57. The topological polar surface area (TPSA) is 31.4 Å². The fourth-order valence-corrected chi connectivity index (χ4v) is 3.00. The highest BCUT2D eigenvalue weighted by Gasteiger charge is 2.13. The van der Waals surface area contributed by atoms with Crippen LogP contribution in [0.5, 0.6) is 0 Å². The molecule has 0 aliphatic carbocycles. The zero-order valence-electron chi connectivity index (χ0n) is 12.2. The van der Waals surface area contributed by atoms with Crippen LogP contribution >= 0.6 is 33.3 Å². The molecular weight excluding hydrogens is 325 g/mol. The first-order chi connectivity index (χ1) is 10.1. The Morgan fingerprint density at radius 3 is 2.90 bits per heavy atom. The molecule has 3 nitrogen and oxygen atoms in total. The van der Waals surface area contributed by atoms with Crippen LogP contribution in [0.25, 0.3) is 10.9 Å². The first kappa shape index (κ1) is 16.3. The molecule has 2 aromatic rings. The standard InChI is InChI=1S/C15H17Cl2N3S/c1-4-10(2)18-7-8-20(3)15-12(16)6-5-11-13(21-17)9-19-14(11)15/h5-9,19H,4H2,1-3H3/b8-7-,18-10?. The van der Waals surface area contributed by atoms with Gasteiger partial charge >= 0.3 is 0 Å². The second-order valence-electron chi connectivity index (χ2n) is 4.68. The summed E-state index contributed by atoms with van der Waals surface area (Å²) in [5.41, 5.74) is 2.96. The van der Waals surface area contributed by atoms with Gasteiger partial charge in [0.25, 0.3) is 0 Å². The van der Waals surface area contributed by atoms with Gasteiger partial charge in [-0.25, -0.2) is 0 Å². The molecule has 6 heteroatoms. The number of aromatic nitrogens is 1. The molecule has 1 heterocycles. The summed E-state index contributed by atoms with van der Waals surface area (Å²) in [6.07, 6.45) is 6.51. The summed E-state index contributed by atoms with van der Waals surface area (Å²) in [7, 11) is 9.01. The van der Waals surface area contributed by atoms with Crippen molar-refractivity contribution in [2.24, 2.45) is 4.99 Å². The van der Waals surface area contributed by atoms with Crippen molar-refractivity contribution in [2.75, 3.05) is 11.9 Å². The normalized spacial score (nSPS) is 12.5. The van der Waals surface area contributed by atoms with E-state index in [9.17, 15) is 0 Å². The largest absolute Gasteiger partial charge is 0.358 e. The number of halogens is 2. The molecule has 0 saturated carbocycles. The smallest absolute Gasteiger partial charge is 0.0838 e. The molecule has 1 aromatic carbocycles. The summed E-state index contributed by atoms with van der Waals surface area (Å²) in [5, 5.41) is 1.74. The van der Waals surface area contributed by atoms with E-state index in [1.54, 1.807) is 6.20 Å². The average molecular weight is 342 g/mol. The van der Waals surface area contributed by atoms with Gasteiger partial charge in [0.1, 0.15) is 0 Å². The van der Waals surface area contributed by atoms with E-state index >= 15 is 0 Å². The fourth-order valence-electron chi connectivity index (χ4n) is 1.97. The van der Waals surface area contributed by atoms with Gasteiger partial charge in [0.2, 0.25) is 0 Å². The first-order valence-corrected chi connectivity index (χ1v) is 8.61. The van der Waals surface area contributed by atoms with Gasteiger partial charge in [-0.1, -0.05) is 24.6 Å². The van der Waals surface area contributed by atoms with Crippen LogP contribution in [0.1, 0.15) is 20.3 Å². The summed E-state index contributed by atoms with van der Waals surface area (Å²) in [4.78, 5) is 10.5. The number of nitrogens with zero attached hydrogens (tertiary/aromatic N) is 2. The number of nitrogens with one attached hydrogen (secondary N) is 1. The molecule has 0 radical (unpaired) electrons. The van der Waals surface area contributed by atoms with Crippen molar-refractivity contribution in [3.63, 3.8) is 0 Å². The first-order valence-electron chi connectivity index (χ1n) is 6.59. The summed E-state index contributed by atoms with van der Waals surface area (Å²) < 4.78 is 0. The Morgan fingerprint density at radius 2 is 2.24 bits per heavy atom. The number of benzene rings is 1. The van der Waals surface area contributed by atoms with E-state index in [0.717, 1.165) is 33.6 Å². The molecule has 1 N–H and O–H groups in total. The number of rotatable bonds is 5. The molecular formula is C15H17Cl2N3S. The summed E-state index contributed by atoms with van der Waals surface area (Å²) in [5.74, 6) is 0. The van der Waals surface area contributed by atoms with Gasteiger partial charge in [-0.15, -0.1) is 0 Å². The minimum atomic E-state index is 0.679. The van der Waals surface area contributed by atoms with E-state index in [4.69, 9.17) is 22.3 Å². The maximum absolute atomic E-state index is 6.35. The van der Waals surface area contributed by atoms with Gasteiger partial charge in [-0.3, -0.25) is 4.99 Å². The highest BCUT2D eigenvalue weighted by atomic mass is 35.7. The molecule has 0 aliphatic rings. The maximum atomic E-state index is 6.35. The fraction of sp³-hybridized carbons (Fsp3) is 0.267. The van der Waals surface area contributed by atoms with Crippen molar-refractivity contribution in [3.8, 4) is 0 Å². The van der Waals surface area contributed by atoms with Crippen LogP contribution in [0.3, 0.4) is 0 Å². The van der Waals surface area contributed by atoms with Crippen molar-refractivity contribution in [2.45, 2.75) is 25.2 Å². The number of aromatic amines is 1. The number of aliphatic imine (C=N–C) groups is 1. The van der Waals surface area contributed by atoms with E-state index in [1.165, 1.54) is 11.0 Å². The molecule has 21 heavy (non-hydrogen) atoms. The van der Waals surface area contributed by atoms with Crippen LogP contribution in [0.2, 0.25) is 5.02 Å². The van der Waals surface area contributed by atoms with Crippen LogP contribution in [-0.4, -0.2) is 17.7 Å². The Hall–Kier alpha value is -1.10. The Labute approximate surface area is 138 Å². The van der Waals surface area contributed by atoms with Crippen LogP contribution in [0.15, 0.2) is 40.6 Å². The van der Waals surface area contributed by atoms with Crippen molar-refractivity contribution >= 4 is 55.6 Å². The molecule has 0 fully saturated rings. The van der Waals surface area contributed by atoms with E-state index in [2.05, 4.69) is 16.9 Å². The number of anilines is 1. The number of fused-ring (bicyclic) bond motifs is 1. The summed E-state index contributed by atoms with van der Waals surface area (Å²) >= 11 is 6.35. The minimum Gasteiger partial charge on any atom is -0.358 e. The van der Waals surface area contributed by atoms with Crippen molar-refractivity contribution < 1.29 is 0 Å². The van der Waals surface area contributed by atoms with Gasteiger partial charge in [-0.2, -0.15) is 0 Å². The van der Waals surface area contributed by atoms with Crippen LogP contribution in [0, 0.1) is 0 Å². The van der Waals surface area contributed by atoms with Crippen molar-refractivity contribution in [1.82, 2.24) is 4.98 Å². The third-order valence-corrected chi connectivity index (χ3v) is 4.58. The lowest BCUT2D eigenvalue weighted by atomic mass is 10.2. The molecule has 0 atom stereocenters. The van der Waals surface area contributed by atoms with Gasteiger partial charge in [0.05, 0.1) is 16.2 Å². The van der Waals surface area contributed by atoms with Crippen LogP contribution in [0.4, 0.5) is 5.69 Å². The Bertz CT molecular complexity index is 692. The van der Waals surface area contributed by atoms with E-state index in [-0.39, 0.29) is 0 Å². The molecule has 0 bridgehead atoms. The quantitative estimate of drug-likeness (QED) is 0.692. The minimum absolute atomic E-state index is 0.679. The van der Waals surface area contributed by atoms with Crippen LogP contribution in [-0.2, 0) is 0 Å². The SMILES string of the molecule is CCC(C)=N/C=C\N(C)c1c(Cl)ccc2c(SCl)c[nH]c12. The lowest BCUT2D eigenvalue weighted by Gasteiger charge is -2.16. The predicted molar refractivity (Wildman–Crippen MR) is 96.0 cm³/mol.